The van der Waals surface area contributed by atoms with Crippen LogP contribution in [0.25, 0.3) is 0 Å². The molecule has 2 rings (SSSR count). The molecule has 2 aromatic rings. The molecule has 154 valence electrons. The number of H-pyrrole nitrogens is 1. The fraction of sp³-hybridized carbons (Fsp3) is 0.500. The van der Waals surface area contributed by atoms with Crippen molar-refractivity contribution in [1.82, 2.24) is 24.8 Å². The Kier molecular flexibility index (Phi) is 6.79. The van der Waals surface area contributed by atoms with Crippen LogP contribution < -0.4 is 10.0 Å². The first kappa shape index (κ1) is 22.3. The minimum absolute atomic E-state index is 0.0602. The van der Waals surface area contributed by atoms with Gasteiger partial charge in [-0.05, 0) is 64.5 Å². The van der Waals surface area contributed by atoms with E-state index in [1.165, 1.54) is 12.1 Å². The van der Waals surface area contributed by atoms with Gasteiger partial charge in [-0.15, -0.1) is 0 Å². The number of aryl methyl sites for hydroxylation is 1. The number of rotatable bonds is 7. The van der Waals surface area contributed by atoms with E-state index >= 15 is 0 Å². The number of sulfonamides is 1. The summed E-state index contributed by atoms with van der Waals surface area (Å²) in [6.45, 7) is 10.1. The Balaban J connectivity index is 2.14. The number of amides is 1. The van der Waals surface area contributed by atoms with Gasteiger partial charge in [-0.3, -0.25) is 9.89 Å². The molecule has 8 nitrogen and oxygen atoms in total. The van der Waals surface area contributed by atoms with E-state index in [1.807, 2.05) is 11.5 Å². The first-order valence-corrected chi connectivity index (χ1v) is 10.9. The quantitative estimate of drug-likeness (QED) is 0.590. The number of carbonyl (C=O) groups excluding carboxylic acids is 1. The Bertz CT molecular complexity index is 1020. The molecule has 0 radical (unpaired) electrons. The second kappa shape index (κ2) is 8.54. The molecule has 10 heteroatoms. The molecule has 0 atom stereocenters. The molecular formula is C18H27N5O3S2. The lowest BCUT2D eigenvalue weighted by Crippen LogP contribution is -2.40. The third kappa shape index (κ3) is 5.49. The van der Waals surface area contributed by atoms with Crippen LogP contribution in [0.4, 0.5) is 0 Å². The number of aromatic amines is 1. The van der Waals surface area contributed by atoms with Crippen molar-refractivity contribution in [3.63, 3.8) is 0 Å². The van der Waals surface area contributed by atoms with E-state index in [9.17, 15) is 13.2 Å². The molecule has 1 aromatic heterocycles. The van der Waals surface area contributed by atoms with E-state index in [-0.39, 0.29) is 10.8 Å². The molecule has 0 aliphatic rings. The second-order valence-corrected chi connectivity index (χ2v) is 9.60. The Labute approximate surface area is 170 Å². The normalized spacial score (nSPS) is 12.2. The van der Waals surface area contributed by atoms with Crippen molar-refractivity contribution in [1.29, 1.82) is 0 Å². The molecule has 28 heavy (non-hydrogen) atoms. The average molecular weight is 426 g/mol. The Morgan fingerprint density at radius 3 is 2.61 bits per heavy atom. The zero-order chi connectivity index (χ0) is 21.1. The molecule has 1 heterocycles. The standard InChI is InChI=1S/C18H27N5O3S2/c1-6-23-15(20-21-17(23)27)9-10-19-16(24)14-11-13(8-7-12(14)2)28(25,26)22-18(3,4)5/h7-8,11,22H,6,9-10H2,1-5H3,(H,19,24)(H,21,27). The van der Waals surface area contributed by atoms with Gasteiger partial charge in [0.25, 0.3) is 5.91 Å². The molecular weight excluding hydrogens is 398 g/mol. The van der Waals surface area contributed by atoms with Crippen LogP contribution >= 0.6 is 12.2 Å². The number of nitrogens with one attached hydrogen (secondary N) is 3. The molecule has 3 N–H and O–H groups in total. The summed E-state index contributed by atoms with van der Waals surface area (Å²) in [6, 6.07) is 4.54. The topological polar surface area (TPSA) is 109 Å². The fourth-order valence-corrected chi connectivity index (χ4v) is 4.45. The van der Waals surface area contributed by atoms with E-state index < -0.39 is 15.6 Å². The van der Waals surface area contributed by atoms with E-state index in [2.05, 4.69) is 20.2 Å². The van der Waals surface area contributed by atoms with Crippen LogP contribution in [0.5, 0.6) is 0 Å². The van der Waals surface area contributed by atoms with E-state index in [4.69, 9.17) is 12.2 Å². The lowest BCUT2D eigenvalue weighted by Gasteiger charge is -2.20. The third-order valence-electron chi connectivity index (χ3n) is 3.99. The minimum atomic E-state index is -3.72. The highest BCUT2D eigenvalue weighted by atomic mass is 32.2. The predicted octanol–water partition coefficient (Wildman–Crippen LogP) is 2.32. The van der Waals surface area contributed by atoms with Gasteiger partial charge in [0.15, 0.2) is 4.77 Å². The average Bonchev–Trinajstić information content (AvgIpc) is 2.92. The maximum Gasteiger partial charge on any atom is 0.251 e. The van der Waals surface area contributed by atoms with Crippen molar-refractivity contribution < 1.29 is 13.2 Å². The van der Waals surface area contributed by atoms with Crippen molar-refractivity contribution in [3.8, 4) is 0 Å². The summed E-state index contributed by atoms with van der Waals surface area (Å²) in [6.07, 6.45) is 0.509. The van der Waals surface area contributed by atoms with Crippen LogP contribution in [-0.2, 0) is 23.0 Å². The molecule has 0 bridgehead atoms. The van der Waals surface area contributed by atoms with E-state index in [1.54, 1.807) is 33.8 Å². The minimum Gasteiger partial charge on any atom is -0.352 e. The van der Waals surface area contributed by atoms with Gasteiger partial charge in [-0.1, -0.05) is 6.07 Å². The van der Waals surface area contributed by atoms with Gasteiger partial charge in [0.05, 0.1) is 4.90 Å². The zero-order valence-electron chi connectivity index (χ0n) is 16.8. The largest absolute Gasteiger partial charge is 0.352 e. The van der Waals surface area contributed by atoms with Crippen LogP contribution in [0.1, 0.15) is 49.4 Å². The maximum atomic E-state index is 12.6. The van der Waals surface area contributed by atoms with Crippen LogP contribution in [0.15, 0.2) is 23.1 Å². The van der Waals surface area contributed by atoms with Crippen molar-refractivity contribution in [2.75, 3.05) is 6.54 Å². The van der Waals surface area contributed by atoms with Crippen molar-refractivity contribution in [2.45, 2.75) is 58.0 Å². The van der Waals surface area contributed by atoms with Gasteiger partial charge in [-0.25, -0.2) is 13.1 Å². The number of hydrogen-bond donors (Lipinski definition) is 3. The highest BCUT2D eigenvalue weighted by Crippen LogP contribution is 2.17. The van der Waals surface area contributed by atoms with Crippen molar-refractivity contribution in [3.05, 3.63) is 39.9 Å². The van der Waals surface area contributed by atoms with Gasteiger partial charge in [0.1, 0.15) is 5.82 Å². The molecule has 0 spiro atoms. The first-order chi connectivity index (χ1) is 12.9. The summed E-state index contributed by atoms with van der Waals surface area (Å²) >= 11 is 5.15. The molecule has 1 aromatic carbocycles. The van der Waals surface area contributed by atoms with Crippen LogP contribution in [0, 0.1) is 11.7 Å². The number of nitrogens with zero attached hydrogens (tertiary/aromatic N) is 2. The highest BCUT2D eigenvalue weighted by molar-refractivity contribution is 7.89. The van der Waals surface area contributed by atoms with Gasteiger partial charge < -0.3 is 9.88 Å². The molecule has 0 unspecified atom stereocenters. The predicted molar refractivity (Wildman–Crippen MR) is 110 cm³/mol. The van der Waals surface area contributed by atoms with Gasteiger partial charge in [-0.2, -0.15) is 5.10 Å². The van der Waals surface area contributed by atoms with Gasteiger partial charge >= 0.3 is 0 Å². The summed E-state index contributed by atoms with van der Waals surface area (Å²) < 4.78 is 30.1. The number of aromatic nitrogens is 3. The summed E-state index contributed by atoms with van der Waals surface area (Å²) in [5.74, 6) is 0.428. The zero-order valence-corrected chi connectivity index (χ0v) is 18.4. The lowest BCUT2D eigenvalue weighted by atomic mass is 10.1. The van der Waals surface area contributed by atoms with Crippen LogP contribution in [0.3, 0.4) is 0 Å². The Morgan fingerprint density at radius 1 is 1.32 bits per heavy atom. The number of benzene rings is 1. The molecule has 1 amide bonds. The molecule has 0 fully saturated rings. The van der Waals surface area contributed by atoms with Crippen molar-refractivity contribution >= 4 is 28.1 Å². The summed E-state index contributed by atoms with van der Waals surface area (Å²) in [5, 5.41) is 9.72. The summed E-state index contributed by atoms with van der Waals surface area (Å²) in [7, 11) is -3.72. The molecule has 0 aliphatic heterocycles. The summed E-state index contributed by atoms with van der Waals surface area (Å²) in [4.78, 5) is 12.7. The summed E-state index contributed by atoms with van der Waals surface area (Å²) in [5.41, 5.74) is 0.406. The fourth-order valence-electron chi connectivity index (χ4n) is 2.73. The SMILES string of the molecule is CCn1c(CCNC(=O)c2cc(S(=O)(=O)NC(C)(C)C)ccc2C)n[nH]c1=S. The molecule has 0 saturated carbocycles. The second-order valence-electron chi connectivity index (χ2n) is 7.53. The van der Waals surface area contributed by atoms with Crippen LogP contribution in [0.2, 0.25) is 0 Å². The first-order valence-electron chi connectivity index (χ1n) is 9.01. The van der Waals surface area contributed by atoms with E-state index in [0.717, 1.165) is 5.82 Å². The molecule has 0 saturated heterocycles. The number of hydrogen-bond acceptors (Lipinski definition) is 5. The smallest absolute Gasteiger partial charge is 0.251 e. The van der Waals surface area contributed by atoms with Crippen LogP contribution in [-0.4, -0.2) is 41.2 Å². The van der Waals surface area contributed by atoms with E-state index in [0.29, 0.717) is 35.4 Å². The number of carbonyl (C=O) groups is 1. The maximum absolute atomic E-state index is 12.6. The lowest BCUT2D eigenvalue weighted by molar-refractivity contribution is 0.0953. The van der Waals surface area contributed by atoms with Gasteiger partial charge in [0, 0.05) is 30.6 Å². The Morgan fingerprint density at radius 2 is 2.00 bits per heavy atom. The van der Waals surface area contributed by atoms with Crippen molar-refractivity contribution in [2.24, 2.45) is 0 Å². The Hall–Kier alpha value is -2.04. The third-order valence-corrected chi connectivity index (χ3v) is 6.06. The monoisotopic (exact) mass is 425 g/mol. The molecule has 0 aliphatic carbocycles. The van der Waals surface area contributed by atoms with Gasteiger partial charge in [0.2, 0.25) is 10.0 Å². The highest BCUT2D eigenvalue weighted by Gasteiger charge is 2.23.